The number of methoxy groups -OCH3 is 1. The molecule has 2 aromatic carbocycles. The zero-order chi connectivity index (χ0) is 23.7. The van der Waals surface area contributed by atoms with E-state index in [1.54, 1.807) is 55.1 Å². The highest BCUT2D eigenvalue weighted by molar-refractivity contribution is 7.99. The van der Waals surface area contributed by atoms with Crippen molar-refractivity contribution < 1.29 is 9.53 Å². The minimum Gasteiger partial charge on any atom is -0.497 e. The van der Waals surface area contributed by atoms with Crippen LogP contribution in [0.25, 0.3) is 11.2 Å². The fourth-order valence-corrected chi connectivity index (χ4v) is 4.48. The molecule has 0 amide bonds. The van der Waals surface area contributed by atoms with E-state index in [-0.39, 0.29) is 17.2 Å². The normalized spacial score (nSPS) is 11.2. The Morgan fingerprint density at radius 2 is 1.82 bits per heavy atom. The maximum absolute atomic E-state index is 13.0. The van der Waals surface area contributed by atoms with Gasteiger partial charge in [0.15, 0.2) is 22.1 Å². The van der Waals surface area contributed by atoms with Crippen LogP contribution in [0.2, 0.25) is 5.02 Å². The van der Waals surface area contributed by atoms with Crippen LogP contribution in [0.5, 0.6) is 5.75 Å². The summed E-state index contributed by atoms with van der Waals surface area (Å²) in [6.45, 7) is 0.330. The Bertz CT molecular complexity index is 1470. The summed E-state index contributed by atoms with van der Waals surface area (Å²) in [6.07, 6.45) is 0. The Hall–Kier alpha value is -3.30. The van der Waals surface area contributed by atoms with Gasteiger partial charge in [0, 0.05) is 24.7 Å². The van der Waals surface area contributed by atoms with Gasteiger partial charge < -0.3 is 9.30 Å². The number of fused-ring (bicyclic) bond motifs is 1. The number of carbonyl (C=O) groups is 1. The standard InChI is InChI=1S/C23H21ClN4O4S/c1-26-20-19(21(30)27(2)23(26)31)28(12-14-7-9-16(24)10-8-14)22(25-20)33-13-18(29)15-5-4-6-17(11-15)32-3/h4-11H,12-13H2,1-3H3. The molecule has 2 aromatic heterocycles. The van der Waals surface area contributed by atoms with Crippen LogP contribution in [0, 0.1) is 0 Å². The molecule has 0 bridgehead atoms. The lowest BCUT2D eigenvalue weighted by atomic mass is 10.1. The molecule has 4 aromatic rings. The van der Waals surface area contributed by atoms with Gasteiger partial charge in [-0.1, -0.05) is 47.6 Å². The van der Waals surface area contributed by atoms with Crippen LogP contribution < -0.4 is 16.0 Å². The topological polar surface area (TPSA) is 88.1 Å². The molecular weight excluding hydrogens is 464 g/mol. The fraction of sp³-hybridized carbons (Fsp3) is 0.217. The van der Waals surface area contributed by atoms with E-state index >= 15 is 0 Å². The van der Waals surface area contributed by atoms with Crippen molar-refractivity contribution in [3.05, 3.63) is 85.5 Å². The lowest BCUT2D eigenvalue weighted by Crippen LogP contribution is -2.37. The lowest BCUT2D eigenvalue weighted by molar-refractivity contribution is 0.102. The van der Waals surface area contributed by atoms with Crippen LogP contribution in [0.1, 0.15) is 15.9 Å². The summed E-state index contributed by atoms with van der Waals surface area (Å²) in [5.74, 6) is 0.593. The van der Waals surface area contributed by atoms with Crippen molar-refractivity contribution in [2.45, 2.75) is 11.7 Å². The smallest absolute Gasteiger partial charge is 0.332 e. The second-order valence-corrected chi connectivity index (χ2v) is 8.81. The number of aromatic nitrogens is 4. The Labute approximate surface area is 198 Å². The molecule has 0 saturated carbocycles. The first kappa shape index (κ1) is 22.9. The van der Waals surface area contributed by atoms with Crippen molar-refractivity contribution >= 4 is 40.3 Å². The monoisotopic (exact) mass is 484 g/mol. The van der Waals surface area contributed by atoms with Crippen LogP contribution in [0.15, 0.2) is 63.3 Å². The van der Waals surface area contributed by atoms with Gasteiger partial charge in [0.2, 0.25) is 0 Å². The summed E-state index contributed by atoms with van der Waals surface area (Å²) < 4.78 is 9.33. The summed E-state index contributed by atoms with van der Waals surface area (Å²) >= 11 is 7.22. The Kier molecular flexibility index (Phi) is 6.44. The van der Waals surface area contributed by atoms with Gasteiger partial charge in [-0.2, -0.15) is 0 Å². The second-order valence-electron chi connectivity index (χ2n) is 7.43. The maximum Gasteiger partial charge on any atom is 0.332 e. The number of aryl methyl sites for hydroxylation is 1. The summed E-state index contributed by atoms with van der Waals surface area (Å²) in [7, 11) is 4.55. The molecule has 33 heavy (non-hydrogen) atoms. The van der Waals surface area contributed by atoms with Gasteiger partial charge in [0.05, 0.1) is 19.4 Å². The third kappa shape index (κ3) is 4.46. The largest absolute Gasteiger partial charge is 0.497 e. The molecule has 0 radical (unpaired) electrons. The van der Waals surface area contributed by atoms with E-state index in [1.807, 2.05) is 12.1 Å². The number of ether oxygens (including phenoxy) is 1. The zero-order valence-electron chi connectivity index (χ0n) is 18.2. The van der Waals surface area contributed by atoms with E-state index < -0.39 is 11.2 Å². The van der Waals surface area contributed by atoms with Crippen molar-refractivity contribution in [1.29, 1.82) is 0 Å². The van der Waals surface area contributed by atoms with Crippen molar-refractivity contribution in [2.24, 2.45) is 14.1 Å². The van der Waals surface area contributed by atoms with E-state index in [4.69, 9.17) is 16.3 Å². The molecule has 170 valence electrons. The Morgan fingerprint density at radius 3 is 2.52 bits per heavy atom. The number of halogens is 1. The predicted octanol–water partition coefficient (Wildman–Crippen LogP) is 3.12. The zero-order valence-corrected chi connectivity index (χ0v) is 19.8. The predicted molar refractivity (Wildman–Crippen MR) is 129 cm³/mol. The summed E-state index contributed by atoms with van der Waals surface area (Å²) in [5, 5.41) is 1.07. The molecule has 0 atom stereocenters. The minimum absolute atomic E-state index is 0.103. The molecular formula is C23H21ClN4O4S. The Balaban J connectivity index is 1.76. The number of imidazole rings is 1. The highest BCUT2D eigenvalue weighted by Gasteiger charge is 2.21. The molecule has 0 spiro atoms. The number of nitrogens with zero attached hydrogens (tertiary/aromatic N) is 4. The molecule has 0 aliphatic carbocycles. The molecule has 0 aliphatic rings. The van der Waals surface area contributed by atoms with Gasteiger partial charge in [-0.15, -0.1) is 0 Å². The highest BCUT2D eigenvalue weighted by atomic mass is 35.5. The number of rotatable bonds is 7. The van der Waals surface area contributed by atoms with Crippen molar-refractivity contribution in [3.8, 4) is 5.75 Å². The van der Waals surface area contributed by atoms with E-state index in [9.17, 15) is 14.4 Å². The molecule has 0 N–H and O–H groups in total. The van der Waals surface area contributed by atoms with Crippen molar-refractivity contribution in [3.63, 3.8) is 0 Å². The lowest BCUT2D eigenvalue weighted by Gasteiger charge is -2.10. The molecule has 10 heteroatoms. The van der Waals surface area contributed by atoms with Crippen LogP contribution in [-0.4, -0.2) is 37.3 Å². The van der Waals surface area contributed by atoms with Gasteiger partial charge in [-0.3, -0.25) is 18.7 Å². The first-order chi connectivity index (χ1) is 15.8. The first-order valence-corrected chi connectivity index (χ1v) is 11.4. The highest BCUT2D eigenvalue weighted by Crippen LogP contribution is 2.25. The number of thioether (sulfide) groups is 1. The molecule has 8 nitrogen and oxygen atoms in total. The third-order valence-corrected chi connectivity index (χ3v) is 6.52. The molecule has 0 fully saturated rings. The first-order valence-electron chi connectivity index (χ1n) is 10.0. The van der Waals surface area contributed by atoms with Crippen molar-refractivity contribution in [2.75, 3.05) is 12.9 Å². The van der Waals surface area contributed by atoms with E-state index in [0.717, 1.165) is 10.1 Å². The van der Waals surface area contributed by atoms with E-state index in [2.05, 4.69) is 4.98 Å². The number of Topliss-reactive ketones (excluding diaryl/α,β-unsaturated/α-hetero) is 1. The van der Waals surface area contributed by atoms with Crippen LogP contribution in [0.3, 0.4) is 0 Å². The number of ketones is 1. The van der Waals surface area contributed by atoms with Crippen LogP contribution in [0.4, 0.5) is 0 Å². The summed E-state index contributed by atoms with van der Waals surface area (Å²) in [4.78, 5) is 42.8. The molecule has 0 unspecified atom stereocenters. The molecule has 0 aliphatic heterocycles. The van der Waals surface area contributed by atoms with Gasteiger partial charge in [0.1, 0.15) is 5.75 Å². The van der Waals surface area contributed by atoms with Crippen molar-refractivity contribution in [1.82, 2.24) is 18.7 Å². The second kappa shape index (κ2) is 9.29. The van der Waals surface area contributed by atoms with E-state index in [1.165, 1.54) is 23.4 Å². The van der Waals surface area contributed by atoms with Gasteiger partial charge in [0.25, 0.3) is 5.56 Å². The maximum atomic E-state index is 13.0. The number of hydrogen-bond donors (Lipinski definition) is 0. The SMILES string of the molecule is COc1cccc(C(=O)CSc2nc3c(c(=O)n(C)c(=O)n3C)n2Cc2ccc(Cl)cc2)c1. The molecule has 0 saturated heterocycles. The average Bonchev–Trinajstić information content (AvgIpc) is 3.19. The minimum atomic E-state index is -0.465. The van der Waals surface area contributed by atoms with E-state index in [0.29, 0.717) is 33.6 Å². The average molecular weight is 485 g/mol. The number of benzene rings is 2. The summed E-state index contributed by atoms with van der Waals surface area (Å²) in [5.41, 5.74) is 1.08. The van der Waals surface area contributed by atoms with Gasteiger partial charge >= 0.3 is 5.69 Å². The number of hydrogen-bond acceptors (Lipinski definition) is 6. The molecule has 4 rings (SSSR count). The fourth-order valence-electron chi connectivity index (χ4n) is 3.47. The van der Waals surface area contributed by atoms with Gasteiger partial charge in [-0.25, -0.2) is 9.78 Å². The quantitative estimate of drug-likeness (QED) is 0.296. The number of carbonyl (C=O) groups excluding carboxylic acids is 1. The molecule has 2 heterocycles. The summed E-state index contributed by atoms with van der Waals surface area (Å²) in [6, 6.07) is 14.2. The Morgan fingerprint density at radius 1 is 1.09 bits per heavy atom. The van der Waals surface area contributed by atoms with Crippen LogP contribution >= 0.6 is 23.4 Å². The van der Waals surface area contributed by atoms with Gasteiger partial charge in [-0.05, 0) is 29.8 Å². The third-order valence-electron chi connectivity index (χ3n) is 5.29. The van der Waals surface area contributed by atoms with Crippen LogP contribution in [-0.2, 0) is 20.6 Å².